The van der Waals surface area contributed by atoms with E-state index in [1.165, 1.54) is 37.7 Å². The largest absolute Gasteiger partial charge is 0.504 e. The minimum atomic E-state index is 0.211. The normalized spacial score (nSPS) is 23.0. The number of hydrogen-bond donors (Lipinski definition) is 1. The van der Waals surface area contributed by atoms with Crippen molar-refractivity contribution in [3.8, 4) is 11.5 Å². The summed E-state index contributed by atoms with van der Waals surface area (Å²) in [5, 5.41) is 9.64. The summed E-state index contributed by atoms with van der Waals surface area (Å²) in [5.41, 5.74) is 1.19. The van der Waals surface area contributed by atoms with Gasteiger partial charge in [-0.25, -0.2) is 0 Å². The molecule has 0 bridgehead atoms. The van der Waals surface area contributed by atoms with E-state index < -0.39 is 0 Å². The molecule has 1 fully saturated rings. The van der Waals surface area contributed by atoms with E-state index >= 15 is 0 Å². The average molecular weight is 277 g/mol. The van der Waals surface area contributed by atoms with Crippen LogP contribution in [-0.4, -0.2) is 30.2 Å². The zero-order chi connectivity index (χ0) is 14.5. The van der Waals surface area contributed by atoms with Gasteiger partial charge in [0, 0.05) is 12.6 Å². The van der Waals surface area contributed by atoms with Crippen molar-refractivity contribution in [1.29, 1.82) is 0 Å². The first kappa shape index (κ1) is 15.2. The van der Waals surface area contributed by atoms with Gasteiger partial charge in [0.25, 0.3) is 0 Å². The van der Waals surface area contributed by atoms with Gasteiger partial charge in [-0.2, -0.15) is 0 Å². The van der Waals surface area contributed by atoms with Gasteiger partial charge in [0.05, 0.1) is 7.11 Å². The molecule has 0 aromatic heterocycles. The minimum absolute atomic E-state index is 0.211. The van der Waals surface area contributed by atoms with Crippen LogP contribution >= 0.6 is 0 Å². The van der Waals surface area contributed by atoms with Crippen LogP contribution in [0.2, 0.25) is 0 Å². The van der Waals surface area contributed by atoms with Gasteiger partial charge in [0.15, 0.2) is 11.5 Å². The van der Waals surface area contributed by atoms with Crippen LogP contribution in [0.25, 0.3) is 0 Å². The van der Waals surface area contributed by atoms with Crippen molar-refractivity contribution in [2.24, 2.45) is 5.92 Å². The second kappa shape index (κ2) is 6.98. The van der Waals surface area contributed by atoms with Crippen LogP contribution in [-0.2, 0) is 6.54 Å². The van der Waals surface area contributed by atoms with Gasteiger partial charge in [-0.3, -0.25) is 4.90 Å². The molecule has 20 heavy (non-hydrogen) atoms. The van der Waals surface area contributed by atoms with E-state index in [0.29, 0.717) is 11.8 Å². The van der Waals surface area contributed by atoms with E-state index in [1.807, 2.05) is 12.1 Å². The van der Waals surface area contributed by atoms with Gasteiger partial charge in [-0.05, 0) is 56.3 Å². The second-order valence-corrected chi connectivity index (χ2v) is 6.00. The van der Waals surface area contributed by atoms with Crippen molar-refractivity contribution >= 4 is 0 Å². The van der Waals surface area contributed by atoms with Crippen molar-refractivity contribution in [2.45, 2.75) is 51.6 Å². The zero-order valence-electron chi connectivity index (χ0n) is 12.9. The van der Waals surface area contributed by atoms with Crippen LogP contribution < -0.4 is 4.74 Å². The third-order valence-corrected chi connectivity index (χ3v) is 4.69. The molecule has 112 valence electrons. The molecule has 1 N–H and O–H groups in total. The predicted molar refractivity (Wildman–Crippen MR) is 82.2 cm³/mol. The number of rotatable bonds is 5. The molecule has 0 heterocycles. The molecule has 0 saturated heterocycles. The summed E-state index contributed by atoms with van der Waals surface area (Å²) in [4.78, 5) is 2.44. The molecule has 3 nitrogen and oxygen atoms in total. The van der Waals surface area contributed by atoms with Crippen LogP contribution in [0.5, 0.6) is 11.5 Å². The first-order valence-corrected chi connectivity index (χ1v) is 7.70. The molecule has 1 aliphatic rings. The lowest BCUT2D eigenvalue weighted by Gasteiger charge is -2.34. The van der Waals surface area contributed by atoms with E-state index in [2.05, 4.69) is 18.9 Å². The summed E-state index contributed by atoms with van der Waals surface area (Å²) in [5.74, 6) is 1.71. The first-order valence-electron chi connectivity index (χ1n) is 7.70. The molecular formula is C17H27NO2. The lowest BCUT2D eigenvalue weighted by molar-refractivity contribution is 0.157. The summed E-state index contributed by atoms with van der Waals surface area (Å²) >= 11 is 0. The van der Waals surface area contributed by atoms with E-state index in [-0.39, 0.29) is 5.75 Å². The van der Waals surface area contributed by atoms with Gasteiger partial charge in [-0.1, -0.05) is 19.4 Å². The van der Waals surface area contributed by atoms with Crippen molar-refractivity contribution in [3.63, 3.8) is 0 Å². The smallest absolute Gasteiger partial charge is 0.160 e. The van der Waals surface area contributed by atoms with E-state index in [4.69, 9.17) is 4.74 Å². The van der Waals surface area contributed by atoms with Crippen molar-refractivity contribution < 1.29 is 9.84 Å². The van der Waals surface area contributed by atoms with E-state index in [1.54, 1.807) is 13.2 Å². The SMILES string of the molecule is CCC1CCC(N(C)Cc2ccc(O)c(OC)c2)CC1. The highest BCUT2D eigenvalue weighted by atomic mass is 16.5. The highest BCUT2D eigenvalue weighted by Gasteiger charge is 2.23. The molecule has 1 aromatic rings. The maximum absolute atomic E-state index is 9.64. The second-order valence-electron chi connectivity index (χ2n) is 6.00. The molecule has 1 aliphatic carbocycles. The third kappa shape index (κ3) is 3.66. The summed E-state index contributed by atoms with van der Waals surface area (Å²) in [6, 6.07) is 6.32. The Kier molecular flexibility index (Phi) is 5.30. The summed E-state index contributed by atoms with van der Waals surface area (Å²) in [7, 11) is 3.80. The molecule has 0 atom stereocenters. The Bertz CT molecular complexity index is 425. The van der Waals surface area contributed by atoms with Crippen LogP contribution in [0.4, 0.5) is 0 Å². The Hall–Kier alpha value is -1.22. The molecule has 0 unspecified atom stereocenters. The van der Waals surface area contributed by atoms with Crippen molar-refractivity contribution in [1.82, 2.24) is 4.90 Å². The van der Waals surface area contributed by atoms with Crippen LogP contribution in [0, 0.1) is 5.92 Å². The number of benzene rings is 1. The highest BCUT2D eigenvalue weighted by Crippen LogP contribution is 2.31. The fourth-order valence-electron chi connectivity index (χ4n) is 3.23. The van der Waals surface area contributed by atoms with Crippen LogP contribution in [0.15, 0.2) is 18.2 Å². The number of nitrogens with zero attached hydrogens (tertiary/aromatic N) is 1. The number of phenols is 1. The number of methoxy groups -OCH3 is 1. The van der Waals surface area contributed by atoms with Gasteiger partial charge in [0.1, 0.15) is 0 Å². The van der Waals surface area contributed by atoms with Gasteiger partial charge in [0.2, 0.25) is 0 Å². The Morgan fingerprint density at radius 2 is 1.95 bits per heavy atom. The lowest BCUT2D eigenvalue weighted by atomic mass is 9.84. The maximum Gasteiger partial charge on any atom is 0.160 e. The zero-order valence-corrected chi connectivity index (χ0v) is 12.9. The maximum atomic E-state index is 9.64. The average Bonchev–Trinajstić information content (AvgIpc) is 2.49. The fraction of sp³-hybridized carbons (Fsp3) is 0.647. The molecule has 0 aliphatic heterocycles. The van der Waals surface area contributed by atoms with Gasteiger partial charge >= 0.3 is 0 Å². The molecular weight excluding hydrogens is 250 g/mol. The predicted octanol–water partition coefficient (Wildman–Crippen LogP) is 3.80. The van der Waals surface area contributed by atoms with Crippen molar-refractivity contribution in [3.05, 3.63) is 23.8 Å². The molecule has 3 heteroatoms. The standard InChI is InChI=1S/C17H27NO2/c1-4-13-5-8-15(9-6-13)18(2)12-14-7-10-16(19)17(11-14)20-3/h7,10-11,13,15,19H,4-6,8-9,12H2,1-3H3. The number of phenolic OH excluding ortho intramolecular Hbond substituents is 1. The van der Waals surface area contributed by atoms with Crippen LogP contribution in [0.1, 0.15) is 44.6 Å². The fourth-order valence-corrected chi connectivity index (χ4v) is 3.23. The minimum Gasteiger partial charge on any atom is -0.504 e. The monoisotopic (exact) mass is 277 g/mol. The first-order chi connectivity index (χ1) is 9.63. The lowest BCUT2D eigenvalue weighted by Crippen LogP contribution is -2.34. The highest BCUT2D eigenvalue weighted by molar-refractivity contribution is 5.41. The topological polar surface area (TPSA) is 32.7 Å². The number of hydrogen-bond acceptors (Lipinski definition) is 3. The Morgan fingerprint density at radius 1 is 1.25 bits per heavy atom. The van der Waals surface area contributed by atoms with Crippen LogP contribution in [0.3, 0.4) is 0 Å². The van der Waals surface area contributed by atoms with E-state index in [9.17, 15) is 5.11 Å². The number of aromatic hydroxyl groups is 1. The number of ether oxygens (including phenoxy) is 1. The third-order valence-electron chi connectivity index (χ3n) is 4.69. The Balaban J connectivity index is 1.93. The molecule has 0 spiro atoms. The Labute approximate surface area is 122 Å². The molecule has 0 amide bonds. The van der Waals surface area contributed by atoms with E-state index in [0.717, 1.165) is 12.5 Å². The quantitative estimate of drug-likeness (QED) is 0.888. The molecule has 0 radical (unpaired) electrons. The summed E-state index contributed by atoms with van der Waals surface area (Å²) < 4.78 is 5.17. The van der Waals surface area contributed by atoms with Crippen molar-refractivity contribution in [2.75, 3.05) is 14.2 Å². The summed E-state index contributed by atoms with van der Waals surface area (Å²) in [6.07, 6.45) is 6.68. The Morgan fingerprint density at radius 3 is 2.55 bits per heavy atom. The molecule has 1 saturated carbocycles. The molecule has 1 aromatic carbocycles. The van der Waals surface area contributed by atoms with Gasteiger partial charge < -0.3 is 9.84 Å². The summed E-state index contributed by atoms with van der Waals surface area (Å²) in [6.45, 7) is 3.22. The van der Waals surface area contributed by atoms with Gasteiger partial charge in [-0.15, -0.1) is 0 Å². The molecule has 2 rings (SSSR count).